The first-order valence-corrected chi connectivity index (χ1v) is 9.65. The highest BCUT2D eigenvalue weighted by molar-refractivity contribution is 8.93. The molecule has 0 N–H and O–H groups in total. The Labute approximate surface area is 167 Å². The van der Waals surface area contributed by atoms with Crippen molar-refractivity contribution in [3.05, 3.63) is 91.0 Å². The molecule has 0 fully saturated rings. The summed E-state index contributed by atoms with van der Waals surface area (Å²) in [4.78, 5) is 9.82. The van der Waals surface area contributed by atoms with Gasteiger partial charge in [0.2, 0.25) is 0 Å². The lowest BCUT2D eigenvalue weighted by Crippen LogP contribution is -2.20. The maximum absolute atomic E-state index is 9.82. The Hall–Kier alpha value is -1.96. The van der Waals surface area contributed by atoms with Gasteiger partial charge in [0.15, 0.2) is 0 Å². The molecule has 4 heteroatoms. The van der Waals surface area contributed by atoms with Gasteiger partial charge < -0.3 is 4.74 Å². The Kier molecular flexibility index (Phi) is 10.5. The number of carbonyl (C=O) groups is 1. The number of rotatable bonds is 4. The van der Waals surface area contributed by atoms with Crippen molar-refractivity contribution in [1.82, 2.24) is 0 Å². The SMILES string of the molecule is Br.CCOC(C)=O.c1ccc(P(c2ccccc2)c2ccccc2)cc1. The predicted octanol–water partition coefficient (Wildman–Crippen LogP) is 4.59. The minimum atomic E-state index is -0.446. The van der Waals surface area contributed by atoms with Gasteiger partial charge in [-0.25, -0.2) is 0 Å². The van der Waals surface area contributed by atoms with E-state index >= 15 is 0 Å². The molecule has 0 spiro atoms. The van der Waals surface area contributed by atoms with E-state index in [0.29, 0.717) is 6.61 Å². The third-order valence-corrected chi connectivity index (χ3v) is 5.83. The number of esters is 1. The molecule has 0 aromatic heterocycles. The van der Waals surface area contributed by atoms with Crippen molar-refractivity contribution >= 4 is 46.8 Å². The van der Waals surface area contributed by atoms with Crippen LogP contribution < -0.4 is 15.9 Å². The highest BCUT2D eigenvalue weighted by Crippen LogP contribution is 2.32. The fraction of sp³-hybridized carbons (Fsp3) is 0.136. The third-order valence-electron chi connectivity index (χ3n) is 3.39. The number of carbonyl (C=O) groups excluding carboxylic acids is 1. The van der Waals surface area contributed by atoms with Gasteiger partial charge in [-0.1, -0.05) is 91.0 Å². The first-order chi connectivity index (χ1) is 12.2. The average Bonchev–Trinajstić information content (AvgIpc) is 2.65. The molecule has 3 aromatic rings. The Balaban J connectivity index is 0.000000422. The van der Waals surface area contributed by atoms with Crippen LogP contribution in [0.3, 0.4) is 0 Å². The highest BCUT2D eigenvalue weighted by atomic mass is 79.9. The minimum Gasteiger partial charge on any atom is -0.466 e. The van der Waals surface area contributed by atoms with Crippen LogP contribution in [0.4, 0.5) is 0 Å². The van der Waals surface area contributed by atoms with E-state index in [-0.39, 0.29) is 23.0 Å². The second-order valence-electron chi connectivity index (χ2n) is 5.27. The standard InChI is InChI=1S/C18H15P.C4H8O2.BrH/c1-4-10-16(11-5-1)19(17-12-6-2-7-13-17)18-14-8-3-9-15-18;1-3-6-4(2)5;/h1-15H;3H2,1-2H3;1H. The van der Waals surface area contributed by atoms with E-state index in [2.05, 4.69) is 95.7 Å². The molecule has 0 heterocycles. The topological polar surface area (TPSA) is 26.3 Å². The zero-order valence-corrected chi connectivity index (χ0v) is 17.6. The van der Waals surface area contributed by atoms with Crippen molar-refractivity contribution in [3.63, 3.8) is 0 Å². The first kappa shape index (κ1) is 22.1. The van der Waals surface area contributed by atoms with Gasteiger partial charge in [0, 0.05) is 6.92 Å². The van der Waals surface area contributed by atoms with Gasteiger partial charge in [-0.3, -0.25) is 4.79 Å². The smallest absolute Gasteiger partial charge is 0.302 e. The van der Waals surface area contributed by atoms with Crippen LogP contribution in [0.2, 0.25) is 0 Å². The van der Waals surface area contributed by atoms with E-state index in [9.17, 15) is 4.79 Å². The average molecular weight is 431 g/mol. The number of hydrogen-bond donors (Lipinski definition) is 0. The molecular formula is C22H24BrO2P. The summed E-state index contributed by atoms with van der Waals surface area (Å²) in [6, 6.07) is 32.3. The van der Waals surface area contributed by atoms with Crippen LogP contribution in [-0.2, 0) is 9.53 Å². The summed E-state index contributed by atoms with van der Waals surface area (Å²) in [5.74, 6) is -0.211. The van der Waals surface area contributed by atoms with Gasteiger partial charge in [-0.15, -0.1) is 17.0 Å². The molecule has 0 unspecified atom stereocenters. The van der Waals surface area contributed by atoms with Crippen LogP contribution in [-0.4, -0.2) is 12.6 Å². The molecule has 0 bridgehead atoms. The molecule has 0 saturated carbocycles. The van der Waals surface area contributed by atoms with E-state index in [4.69, 9.17) is 0 Å². The quantitative estimate of drug-likeness (QED) is 0.446. The fourth-order valence-electron chi connectivity index (χ4n) is 2.38. The van der Waals surface area contributed by atoms with Crippen molar-refractivity contribution < 1.29 is 9.53 Å². The molecule has 26 heavy (non-hydrogen) atoms. The number of ether oxygens (including phenoxy) is 1. The second kappa shape index (κ2) is 12.4. The Bertz CT molecular complexity index is 655. The molecule has 0 aliphatic rings. The molecule has 3 aromatic carbocycles. The maximum atomic E-state index is 9.82. The van der Waals surface area contributed by atoms with Crippen LogP contribution in [0.25, 0.3) is 0 Å². The molecular weight excluding hydrogens is 407 g/mol. The summed E-state index contributed by atoms with van der Waals surface area (Å²) in [7, 11) is -0.446. The second-order valence-corrected chi connectivity index (χ2v) is 7.49. The van der Waals surface area contributed by atoms with E-state index in [1.54, 1.807) is 6.92 Å². The lowest BCUT2D eigenvalue weighted by molar-refractivity contribution is -0.140. The van der Waals surface area contributed by atoms with E-state index < -0.39 is 7.92 Å². The van der Waals surface area contributed by atoms with Crippen molar-refractivity contribution in [2.24, 2.45) is 0 Å². The molecule has 0 atom stereocenters. The van der Waals surface area contributed by atoms with E-state index in [1.165, 1.54) is 22.8 Å². The molecule has 0 aliphatic heterocycles. The van der Waals surface area contributed by atoms with Crippen molar-refractivity contribution in [1.29, 1.82) is 0 Å². The zero-order chi connectivity index (χ0) is 17.9. The largest absolute Gasteiger partial charge is 0.466 e. The van der Waals surface area contributed by atoms with Crippen LogP contribution in [0.5, 0.6) is 0 Å². The summed E-state index contributed by atoms with van der Waals surface area (Å²) in [5.41, 5.74) is 0. The summed E-state index contributed by atoms with van der Waals surface area (Å²) in [6.45, 7) is 3.65. The number of benzene rings is 3. The van der Waals surface area contributed by atoms with E-state index in [0.717, 1.165) is 0 Å². The Morgan fingerprint density at radius 2 is 1.04 bits per heavy atom. The van der Waals surface area contributed by atoms with Gasteiger partial charge in [-0.2, -0.15) is 0 Å². The van der Waals surface area contributed by atoms with Gasteiger partial charge in [0.1, 0.15) is 0 Å². The van der Waals surface area contributed by atoms with Gasteiger partial charge in [0.05, 0.1) is 6.61 Å². The summed E-state index contributed by atoms with van der Waals surface area (Å²) in [5, 5.41) is 4.19. The number of halogens is 1. The Morgan fingerprint density at radius 1 is 0.731 bits per heavy atom. The lowest BCUT2D eigenvalue weighted by Gasteiger charge is -2.18. The molecule has 136 valence electrons. The molecule has 0 aliphatic carbocycles. The monoisotopic (exact) mass is 430 g/mol. The highest BCUT2D eigenvalue weighted by Gasteiger charge is 2.14. The van der Waals surface area contributed by atoms with E-state index in [1.807, 2.05) is 0 Å². The molecule has 0 saturated heterocycles. The first-order valence-electron chi connectivity index (χ1n) is 8.31. The van der Waals surface area contributed by atoms with Gasteiger partial charge >= 0.3 is 5.97 Å². The summed E-state index contributed by atoms with van der Waals surface area (Å²) >= 11 is 0. The maximum Gasteiger partial charge on any atom is 0.302 e. The van der Waals surface area contributed by atoms with Crippen molar-refractivity contribution in [2.45, 2.75) is 13.8 Å². The van der Waals surface area contributed by atoms with Gasteiger partial charge in [-0.05, 0) is 30.8 Å². The van der Waals surface area contributed by atoms with Crippen LogP contribution in [0, 0.1) is 0 Å². The summed E-state index contributed by atoms with van der Waals surface area (Å²) < 4.78 is 4.40. The van der Waals surface area contributed by atoms with Crippen molar-refractivity contribution in [3.8, 4) is 0 Å². The van der Waals surface area contributed by atoms with Crippen LogP contribution >= 0.6 is 24.9 Å². The molecule has 0 amide bonds. The lowest BCUT2D eigenvalue weighted by atomic mass is 10.4. The van der Waals surface area contributed by atoms with Crippen LogP contribution in [0.15, 0.2) is 91.0 Å². The van der Waals surface area contributed by atoms with Gasteiger partial charge in [0.25, 0.3) is 0 Å². The van der Waals surface area contributed by atoms with Crippen molar-refractivity contribution in [2.75, 3.05) is 6.61 Å². The van der Waals surface area contributed by atoms with Crippen LogP contribution in [0.1, 0.15) is 13.8 Å². The zero-order valence-electron chi connectivity index (χ0n) is 15.0. The molecule has 3 rings (SSSR count). The predicted molar refractivity (Wildman–Crippen MR) is 118 cm³/mol. The summed E-state index contributed by atoms with van der Waals surface area (Å²) in [6.07, 6.45) is 0. The molecule has 0 radical (unpaired) electrons. The molecule has 2 nitrogen and oxygen atoms in total. The minimum absolute atomic E-state index is 0. The third kappa shape index (κ3) is 7.11. The normalized spacial score (nSPS) is 9.50. The fourth-order valence-corrected chi connectivity index (χ4v) is 4.69. The number of hydrogen-bond acceptors (Lipinski definition) is 2. The Morgan fingerprint density at radius 3 is 1.23 bits per heavy atom.